The number of nitrogens with zero attached hydrogens (tertiary/aromatic N) is 1. The van der Waals surface area contributed by atoms with Crippen LogP contribution in [0.3, 0.4) is 0 Å². The maximum atomic E-state index is 12.2. The van der Waals surface area contributed by atoms with E-state index in [-0.39, 0.29) is 11.5 Å². The lowest BCUT2D eigenvalue weighted by Gasteiger charge is -2.16. The molecule has 19 heavy (non-hydrogen) atoms. The zero-order valence-corrected chi connectivity index (χ0v) is 12.3. The molecule has 0 bridgehead atoms. The number of aliphatic hydroxyl groups excluding tert-OH is 1. The van der Waals surface area contributed by atoms with Gasteiger partial charge in [0.2, 0.25) is 10.0 Å². The number of sulfonamides is 1. The Morgan fingerprint density at radius 2 is 2.05 bits per heavy atom. The standard InChI is InChI=1S/C14H19NO3S/c1-4-9-15(3)19(17,18)14-8-7-13(6-5-10-16)12(2)11-14/h7-8,11,16H,4,9-10H2,1-3H3. The summed E-state index contributed by atoms with van der Waals surface area (Å²) < 4.78 is 25.8. The van der Waals surface area contributed by atoms with Crippen LogP contribution in [0.2, 0.25) is 0 Å². The molecular formula is C14H19NO3S. The number of hydrogen-bond acceptors (Lipinski definition) is 3. The largest absolute Gasteiger partial charge is 0.384 e. The maximum Gasteiger partial charge on any atom is 0.242 e. The van der Waals surface area contributed by atoms with Gasteiger partial charge in [-0.05, 0) is 37.1 Å². The van der Waals surface area contributed by atoms with Gasteiger partial charge >= 0.3 is 0 Å². The third-order valence-electron chi connectivity index (χ3n) is 2.75. The van der Waals surface area contributed by atoms with E-state index >= 15 is 0 Å². The molecule has 1 N–H and O–H groups in total. The first kappa shape index (κ1) is 15.7. The summed E-state index contributed by atoms with van der Waals surface area (Å²) in [6.45, 7) is 4.03. The molecule has 0 aromatic heterocycles. The van der Waals surface area contributed by atoms with Gasteiger partial charge in [-0.1, -0.05) is 18.8 Å². The highest BCUT2D eigenvalue weighted by atomic mass is 32.2. The zero-order chi connectivity index (χ0) is 14.5. The van der Waals surface area contributed by atoms with Crippen molar-refractivity contribution in [3.8, 4) is 11.8 Å². The topological polar surface area (TPSA) is 57.6 Å². The van der Waals surface area contributed by atoms with Gasteiger partial charge in [-0.15, -0.1) is 0 Å². The molecule has 0 saturated heterocycles. The molecule has 0 atom stereocenters. The van der Waals surface area contributed by atoms with Crippen LogP contribution in [0.25, 0.3) is 0 Å². The van der Waals surface area contributed by atoms with Gasteiger partial charge in [0, 0.05) is 19.2 Å². The summed E-state index contributed by atoms with van der Waals surface area (Å²) in [4.78, 5) is 0.274. The van der Waals surface area contributed by atoms with E-state index in [1.165, 1.54) is 4.31 Å². The Hall–Kier alpha value is -1.35. The minimum Gasteiger partial charge on any atom is -0.384 e. The second kappa shape index (κ2) is 6.71. The Kier molecular flexibility index (Phi) is 5.55. The Labute approximate surface area is 115 Å². The molecule has 0 aliphatic carbocycles. The average Bonchev–Trinajstić information content (AvgIpc) is 2.37. The molecule has 1 aromatic carbocycles. The smallest absolute Gasteiger partial charge is 0.242 e. The van der Waals surface area contributed by atoms with Crippen LogP contribution in [0.15, 0.2) is 23.1 Å². The molecule has 104 valence electrons. The SMILES string of the molecule is CCCN(C)S(=O)(=O)c1ccc(C#CCO)c(C)c1. The van der Waals surface area contributed by atoms with Crippen molar-refractivity contribution in [2.75, 3.05) is 20.2 Å². The van der Waals surface area contributed by atoms with E-state index < -0.39 is 10.0 Å². The summed E-state index contributed by atoms with van der Waals surface area (Å²) in [6.07, 6.45) is 0.773. The molecular weight excluding hydrogens is 262 g/mol. The molecule has 4 nitrogen and oxygen atoms in total. The number of aliphatic hydroxyl groups is 1. The lowest BCUT2D eigenvalue weighted by atomic mass is 10.1. The van der Waals surface area contributed by atoms with Gasteiger partial charge < -0.3 is 5.11 Å². The van der Waals surface area contributed by atoms with Crippen LogP contribution >= 0.6 is 0 Å². The number of hydrogen-bond donors (Lipinski definition) is 1. The van der Waals surface area contributed by atoms with Gasteiger partial charge in [-0.25, -0.2) is 12.7 Å². The first-order chi connectivity index (χ1) is 8.93. The fourth-order valence-corrected chi connectivity index (χ4v) is 3.04. The molecule has 0 unspecified atom stereocenters. The molecule has 1 aromatic rings. The molecule has 0 aliphatic rings. The summed E-state index contributed by atoms with van der Waals surface area (Å²) in [5.41, 5.74) is 1.51. The summed E-state index contributed by atoms with van der Waals surface area (Å²) in [6, 6.07) is 4.84. The van der Waals surface area contributed by atoms with Crippen molar-refractivity contribution < 1.29 is 13.5 Å². The fourth-order valence-electron chi connectivity index (χ4n) is 1.69. The number of aryl methyl sites for hydroxylation is 1. The van der Waals surface area contributed by atoms with E-state index in [9.17, 15) is 8.42 Å². The van der Waals surface area contributed by atoms with Crippen molar-refractivity contribution in [2.24, 2.45) is 0 Å². The lowest BCUT2D eigenvalue weighted by molar-refractivity contribution is 0.350. The normalized spacial score (nSPS) is 11.2. The van der Waals surface area contributed by atoms with Gasteiger partial charge in [-0.2, -0.15) is 0 Å². The van der Waals surface area contributed by atoms with Gasteiger partial charge in [-0.3, -0.25) is 0 Å². The Balaban J connectivity index is 3.14. The highest BCUT2D eigenvalue weighted by molar-refractivity contribution is 7.89. The first-order valence-electron chi connectivity index (χ1n) is 6.10. The molecule has 0 spiro atoms. The predicted octanol–water partition coefficient (Wildman–Crippen LogP) is 1.37. The molecule has 0 aliphatic heterocycles. The summed E-state index contributed by atoms with van der Waals surface area (Å²) in [7, 11) is -1.85. The quantitative estimate of drug-likeness (QED) is 0.848. The zero-order valence-electron chi connectivity index (χ0n) is 11.5. The van der Waals surface area contributed by atoms with Crippen LogP contribution in [0.1, 0.15) is 24.5 Å². The van der Waals surface area contributed by atoms with Gasteiger partial charge in [0.1, 0.15) is 6.61 Å². The van der Waals surface area contributed by atoms with Gasteiger partial charge in [0.05, 0.1) is 4.90 Å². The van der Waals surface area contributed by atoms with E-state index in [1.54, 1.807) is 32.2 Å². The van der Waals surface area contributed by atoms with Crippen LogP contribution in [0.4, 0.5) is 0 Å². The average molecular weight is 281 g/mol. The van der Waals surface area contributed by atoms with Gasteiger partial charge in [0.15, 0.2) is 0 Å². The van der Waals surface area contributed by atoms with Crippen molar-refractivity contribution in [2.45, 2.75) is 25.2 Å². The third kappa shape index (κ3) is 3.80. The Morgan fingerprint density at radius 3 is 2.58 bits per heavy atom. The van der Waals surface area contributed by atoms with E-state index in [4.69, 9.17) is 5.11 Å². The van der Waals surface area contributed by atoms with Crippen LogP contribution in [0, 0.1) is 18.8 Å². The molecule has 0 radical (unpaired) electrons. The van der Waals surface area contributed by atoms with Crippen LogP contribution in [-0.2, 0) is 10.0 Å². The van der Waals surface area contributed by atoms with E-state index in [0.29, 0.717) is 6.54 Å². The minimum atomic E-state index is -3.43. The second-order valence-electron chi connectivity index (χ2n) is 4.26. The molecule has 5 heteroatoms. The van der Waals surface area contributed by atoms with E-state index in [1.807, 2.05) is 6.92 Å². The third-order valence-corrected chi connectivity index (χ3v) is 4.60. The highest BCUT2D eigenvalue weighted by Gasteiger charge is 2.20. The molecule has 0 fully saturated rings. The maximum absolute atomic E-state index is 12.2. The second-order valence-corrected chi connectivity index (χ2v) is 6.31. The molecule has 0 saturated carbocycles. The molecule has 1 rings (SSSR count). The van der Waals surface area contributed by atoms with Crippen LogP contribution in [-0.4, -0.2) is 38.0 Å². The lowest BCUT2D eigenvalue weighted by Crippen LogP contribution is -2.27. The van der Waals surface area contributed by atoms with Crippen molar-refractivity contribution in [1.29, 1.82) is 0 Å². The fraction of sp³-hybridized carbons (Fsp3) is 0.429. The van der Waals surface area contributed by atoms with Crippen molar-refractivity contribution in [3.05, 3.63) is 29.3 Å². The van der Waals surface area contributed by atoms with E-state index in [0.717, 1.165) is 17.5 Å². The molecule has 0 amide bonds. The van der Waals surface area contributed by atoms with Crippen LogP contribution < -0.4 is 0 Å². The van der Waals surface area contributed by atoms with Gasteiger partial charge in [0.25, 0.3) is 0 Å². The number of benzene rings is 1. The Morgan fingerprint density at radius 1 is 1.37 bits per heavy atom. The Bertz CT molecular complexity index is 597. The monoisotopic (exact) mass is 281 g/mol. The first-order valence-corrected chi connectivity index (χ1v) is 7.54. The summed E-state index contributed by atoms with van der Waals surface area (Å²) in [5.74, 6) is 5.34. The highest BCUT2D eigenvalue weighted by Crippen LogP contribution is 2.18. The summed E-state index contributed by atoms with van der Waals surface area (Å²) in [5, 5.41) is 8.66. The van der Waals surface area contributed by atoms with Crippen molar-refractivity contribution in [3.63, 3.8) is 0 Å². The van der Waals surface area contributed by atoms with Crippen molar-refractivity contribution >= 4 is 10.0 Å². The van der Waals surface area contributed by atoms with Crippen LogP contribution in [0.5, 0.6) is 0 Å². The predicted molar refractivity (Wildman–Crippen MR) is 75.2 cm³/mol. The summed E-state index contributed by atoms with van der Waals surface area (Å²) >= 11 is 0. The minimum absolute atomic E-state index is 0.210. The van der Waals surface area contributed by atoms with E-state index in [2.05, 4.69) is 11.8 Å². The van der Waals surface area contributed by atoms with Crippen molar-refractivity contribution in [1.82, 2.24) is 4.31 Å². The number of rotatable bonds is 4. The molecule has 0 heterocycles.